The summed E-state index contributed by atoms with van der Waals surface area (Å²) in [5.41, 5.74) is -0.0815. The summed E-state index contributed by atoms with van der Waals surface area (Å²) in [5, 5.41) is 2.72. The minimum absolute atomic E-state index is 0.0760. The maximum absolute atomic E-state index is 13.5. The number of amides is 1. The molecule has 0 spiro atoms. The average molecular weight is 451 g/mol. The summed E-state index contributed by atoms with van der Waals surface area (Å²) in [6.07, 6.45) is 0.890. The van der Waals surface area contributed by atoms with Crippen molar-refractivity contribution in [1.82, 2.24) is 4.90 Å². The Hall–Kier alpha value is -2.19. The highest BCUT2D eigenvalue weighted by atomic mass is 31.1. The molecule has 0 radical (unpaired) electrons. The van der Waals surface area contributed by atoms with Crippen LogP contribution < -0.4 is 10.6 Å². The maximum atomic E-state index is 13.5. The SMILES string of the molecule is CC(C)[C@H]1COC([C@@H]2C[C@H](P(c3ccccc3)c3ccccc3)CN2C(=O)C(C)(C)C)=N1. The average Bonchev–Trinajstić information content (AvgIpc) is 3.42. The van der Waals surface area contributed by atoms with Crippen molar-refractivity contribution in [3.8, 4) is 0 Å². The van der Waals surface area contributed by atoms with E-state index in [-0.39, 0.29) is 18.0 Å². The van der Waals surface area contributed by atoms with Crippen LogP contribution in [0.2, 0.25) is 0 Å². The number of benzene rings is 2. The summed E-state index contributed by atoms with van der Waals surface area (Å²) >= 11 is 0. The number of hydrogen-bond donors (Lipinski definition) is 0. The number of hydrogen-bond acceptors (Lipinski definition) is 3. The van der Waals surface area contributed by atoms with Crippen LogP contribution in [0.1, 0.15) is 41.0 Å². The molecule has 1 fully saturated rings. The molecule has 0 unspecified atom stereocenters. The van der Waals surface area contributed by atoms with Crippen molar-refractivity contribution < 1.29 is 9.53 Å². The van der Waals surface area contributed by atoms with Crippen molar-refractivity contribution in [1.29, 1.82) is 0 Å². The van der Waals surface area contributed by atoms with Gasteiger partial charge in [0.1, 0.15) is 12.6 Å². The molecule has 32 heavy (non-hydrogen) atoms. The predicted octanol–water partition coefficient (Wildman–Crippen LogP) is 4.59. The van der Waals surface area contributed by atoms with Gasteiger partial charge in [0.2, 0.25) is 11.8 Å². The predicted molar refractivity (Wildman–Crippen MR) is 134 cm³/mol. The van der Waals surface area contributed by atoms with Crippen LogP contribution in [0.4, 0.5) is 0 Å². The molecule has 4 nitrogen and oxygen atoms in total. The summed E-state index contributed by atoms with van der Waals surface area (Å²) in [6.45, 7) is 11.7. The van der Waals surface area contributed by atoms with Crippen molar-refractivity contribution in [2.45, 2.75) is 58.8 Å². The normalized spacial score (nSPS) is 23.5. The van der Waals surface area contributed by atoms with Gasteiger partial charge in [-0.05, 0) is 30.9 Å². The molecule has 0 aromatic heterocycles. The zero-order valence-corrected chi connectivity index (χ0v) is 20.8. The monoisotopic (exact) mass is 450 g/mol. The molecular formula is C27H35N2O2P. The van der Waals surface area contributed by atoms with E-state index in [4.69, 9.17) is 9.73 Å². The topological polar surface area (TPSA) is 41.9 Å². The van der Waals surface area contributed by atoms with Crippen LogP contribution in [0.3, 0.4) is 0 Å². The number of rotatable bonds is 5. The molecule has 5 heteroatoms. The van der Waals surface area contributed by atoms with E-state index in [0.29, 0.717) is 18.2 Å². The Balaban J connectivity index is 1.71. The molecule has 1 saturated heterocycles. The van der Waals surface area contributed by atoms with E-state index in [9.17, 15) is 4.79 Å². The largest absolute Gasteiger partial charge is 0.477 e. The van der Waals surface area contributed by atoms with Gasteiger partial charge in [-0.3, -0.25) is 4.79 Å². The van der Waals surface area contributed by atoms with E-state index in [1.165, 1.54) is 10.6 Å². The van der Waals surface area contributed by atoms with Gasteiger partial charge in [0.15, 0.2) is 0 Å². The third-order valence-corrected chi connectivity index (χ3v) is 9.18. The van der Waals surface area contributed by atoms with Gasteiger partial charge in [-0.25, -0.2) is 4.99 Å². The first kappa shape index (κ1) is 23.0. The molecule has 2 aromatic rings. The standard InChI is InChI=1S/C27H35N2O2P/c1-19(2)23-18-31-25(28-23)24-16-22(17-29(24)26(30)27(3,4)5)32(20-12-8-6-9-13-20)21-14-10-7-11-15-21/h6-15,19,22-24H,16-18H2,1-5H3/t22-,23+,24-/m0/s1. The second-order valence-corrected chi connectivity index (χ2v) is 12.7. The van der Waals surface area contributed by atoms with E-state index in [2.05, 4.69) is 79.4 Å². The van der Waals surface area contributed by atoms with Crippen molar-refractivity contribution >= 4 is 30.3 Å². The molecular weight excluding hydrogens is 415 g/mol. The van der Waals surface area contributed by atoms with Gasteiger partial charge < -0.3 is 9.64 Å². The van der Waals surface area contributed by atoms with Gasteiger partial charge in [0.05, 0.1) is 6.04 Å². The van der Waals surface area contributed by atoms with Gasteiger partial charge >= 0.3 is 0 Å². The summed E-state index contributed by atoms with van der Waals surface area (Å²) in [6, 6.07) is 21.7. The first-order valence-corrected chi connectivity index (χ1v) is 13.1. The molecule has 0 aliphatic carbocycles. The van der Waals surface area contributed by atoms with E-state index >= 15 is 0 Å². The molecule has 2 aliphatic rings. The highest BCUT2D eigenvalue weighted by Gasteiger charge is 2.46. The van der Waals surface area contributed by atoms with Crippen LogP contribution in [0, 0.1) is 11.3 Å². The Morgan fingerprint density at radius 3 is 2.06 bits per heavy atom. The van der Waals surface area contributed by atoms with Gasteiger partial charge in [0.25, 0.3) is 0 Å². The minimum atomic E-state index is -0.608. The Labute approximate surface area is 193 Å². The minimum Gasteiger partial charge on any atom is -0.477 e. The van der Waals surface area contributed by atoms with Crippen LogP contribution >= 0.6 is 7.92 Å². The van der Waals surface area contributed by atoms with E-state index in [1.54, 1.807) is 0 Å². The number of ether oxygens (including phenoxy) is 1. The van der Waals surface area contributed by atoms with Crippen LogP contribution in [0.5, 0.6) is 0 Å². The zero-order valence-electron chi connectivity index (χ0n) is 19.9. The third kappa shape index (κ3) is 4.76. The Morgan fingerprint density at radius 1 is 1.03 bits per heavy atom. The van der Waals surface area contributed by atoms with Gasteiger partial charge in [-0.15, -0.1) is 0 Å². The molecule has 2 aromatic carbocycles. The lowest BCUT2D eigenvalue weighted by atomic mass is 9.94. The zero-order chi connectivity index (χ0) is 22.9. The lowest BCUT2D eigenvalue weighted by Crippen LogP contribution is -2.46. The summed E-state index contributed by atoms with van der Waals surface area (Å²) < 4.78 is 6.11. The van der Waals surface area contributed by atoms with E-state index in [1.807, 2.05) is 20.8 Å². The van der Waals surface area contributed by atoms with E-state index in [0.717, 1.165) is 18.9 Å². The molecule has 0 N–H and O–H groups in total. The Bertz CT molecular complexity index is 913. The van der Waals surface area contributed by atoms with Crippen molar-refractivity contribution in [3.05, 3.63) is 60.7 Å². The summed E-state index contributed by atoms with van der Waals surface area (Å²) in [5.74, 6) is 1.38. The fourth-order valence-corrected chi connectivity index (χ4v) is 7.45. The van der Waals surface area contributed by atoms with Gasteiger partial charge in [-0.1, -0.05) is 95.3 Å². The number of nitrogens with zero attached hydrogens (tertiary/aromatic N) is 2. The summed E-state index contributed by atoms with van der Waals surface area (Å²) in [7, 11) is -0.608. The second-order valence-electron chi connectivity index (χ2n) is 10.2. The lowest BCUT2D eigenvalue weighted by Gasteiger charge is -2.31. The number of carbonyl (C=O) groups excluding carboxylic acids is 1. The molecule has 170 valence electrons. The first-order chi connectivity index (χ1) is 15.3. The van der Waals surface area contributed by atoms with Crippen LogP contribution in [-0.2, 0) is 9.53 Å². The van der Waals surface area contributed by atoms with Gasteiger partial charge in [0, 0.05) is 17.6 Å². The molecule has 1 amide bonds. The molecule has 2 aliphatic heterocycles. The Kier molecular flexibility index (Phi) is 6.72. The van der Waals surface area contributed by atoms with Crippen LogP contribution in [0.25, 0.3) is 0 Å². The van der Waals surface area contributed by atoms with E-state index < -0.39 is 13.3 Å². The van der Waals surface area contributed by atoms with Crippen LogP contribution in [0.15, 0.2) is 65.7 Å². The van der Waals surface area contributed by atoms with Gasteiger partial charge in [-0.2, -0.15) is 0 Å². The van der Waals surface area contributed by atoms with Crippen molar-refractivity contribution in [3.63, 3.8) is 0 Å². The highest BCUT2D eigenvalue weighted by Crippen LogP contribution is 2.46. The first-order valence-electron chi connectivity index (χ1n) is 11.7. The lowest BCUT2D eigenvalue weighted by molar-refractivity contribution is -0.139. The fourth-order valence-electron chi connectivity index (χ4n) is 4.57. The second kappa shape index (κ2) is 9.35. The smallest absolute Gasteiger partial charge is 0.228 e. The highest BCUT2D eigenvalue weighted by molar-refractivity contribution is 7.73. The number of aliphatic imine (C=N–C) groups is 1. The third-order valence-electron chi connectivity index (χ3n) is 6.36. The number of likely N-dealkylation sites (tertiary alicyclic amines) is 1. The van der Waals surface area contributed by atoms with Crippen molar-refractivity contribution in [2.24, 2.45) is 16.3 Å². The molecule has 3 atom stereocenters. The van der Waals surface area contributed by atoms with Crippen molar-refractivity contribution in [2.75, 3.05) is 13.2 Å². The molecule has 2 heterocycles. The molecule has 4 rings (SSSR count). The molecule has 0 saturated carbocycles. The Morgan fingerprint density at radius 2 is 1.59 bits per heavy atom. The molecule has 0 bridgehead atoms. The maximum Gasteiger partial charge on any atom is 0.228 e. The fraction of sp³-hybridized carbons (Fsp3) is 0.481. The summed E-state index contributed by atoms with van der Waals surface area (Å²) in [4.78, 5) is 20.5. The number of carbonyl (C=O) groups is 1. The quantitative estimate of drug-likeness (QED) is 0.626. The van der Waals surface area contributed by atoms with Crippen LogP contribution in [-0.4, -0.2) is 47.6 Å².